The van der Waals surface area contributed by atoms with Crippen LogP contribution >= 0.6 is 0 Å². The fourth-order valence-electron chi connectivity index (χ4n) is 5.36. The zero-order valence-corrected chi connectivity index (χ0v) is 15.7. The summed E-state index contributed by atoms with van der Waals surface area (Å²) < 4.78 is 0. The molecule has 1 amide bonds. The lowest BCUT2D eigenvalue weighted by Crippen LogP contribution is -2.51. The molecule has 0 bridgehead atoms. The van der Waals surface area contributed by atoms with Crippen molar-refractivity contribution in [3.63, 3.8) is 0 Å². The maximum atomic E-state index is 12.2. The Kier molecular flexibility index (Phi) is 4.86. The number of fused-ring (bicyclic) bond motifs is 1. The summed E-state index contributed by atoms with van der Waals surface area (Å²) in [5.41, 5.74) is 2.80. The summed E-state index contributed by atoms with van der Waals surface area (Å²) in [6.07, 6.45) is 10.8. The van der Waals surface area contributed by atoms with E-state index in [4.69, 9.17) is 0 Å². The minimum atomic E-state index is 0.191. The summed E-state index contributed by atoms with van der Waals surface area (Å²) in [5, 5.41) is 0. The predicted molar refractivity (Wildman–Crippen MR) is 103 cm³/mol. The van der Waals surface area contributed by atoms with Crippen molar-refractivity contribution in [3.8, 4) is 0 Å². The lowest BCUT2D eigenvalue weighted by atomic mass is 9.70. The third-order valence-electron chi connectivity index (χ3n) is 6.88. The van der Waals surface area contributed by atoms with Gasteiger partial charge in [-0.3, -0.25) is 4.79 Å². The molecule has 3 heteroatoms. The molecular formula is C22H32N2O. The second-order valence-corrected chi connectivity index (χ2v) is 8.72. The first-order valence-electron chi connectivity index (χ1n) is 10.2. The van der Waals surface area contributed by atoms with E-state index in [1.165, 1.54) is 70.1 Å². The predicted octanol–water partition coefficient (Wildman–Crippen LogP) is 4.26. The number of rotatable bonds is 2. The van der Waals surface area contributed by atoms with Crippen molar-refractivity contribution >= 4 is 11.6 Å². The van der Waals surface area contributed by atoms with E-state index in [1.807, 2.05) is 4.90 Å². The maximum absolute atomic E-state index is 12.2. The zero-order chi connectivity index (χ0) is 17.3. The number of para-hydroxylation sites is 1. The Labute approximate surface area is 152 Å². The Bertz CT molecular complexity index is 612. The van der Waals surface area contributed by atoms with Crippen LogP contribution in [0.25, 0.3) is 0 Å². The summed E-state index contributed by atoms with van der Waals surface area (Å²) in [5.74, 6) is 1.12. The van der Waals surface area contributed by atoms with Crippen LogP contribution in [0, 0.1) is 11.3 Å². The molecule has 0 N–H and O–H groups in total. The zero-order valence-electron chi connectivity index (χ0n) is 15.7. The van der Waals surface area contributed by atoms with Crippen LogP contribution in [0.5, 0.6) is 0 Å². The van der Waals surface area contributed by atoms with Crippen molar-refractivity contribution < 1.29 is 4.79 Å². The van der Waals surface area contributed by atoms with Gasteiger partial charge in [-0.15, -0.1) is 0 Å². The minimum absolute atomic E-state index is 0.191. The number of anilines is 1. The van der Waals surface area contributed by atoms with E-state index in [1.54, 1.807) is 6.92 Å². The van der Waals surface area contributed by atoms with Gasteiger partial charge in [-0.2, -0.15) is 0 Å². The van der Waals surface area contributed by atoms with Crippen molar-refractivity contribution in [3.05, 3.63) is 29.8 Å². The number of nitrogens with zero attached hydrogens (tertiary/aromatic N) is 2. The van der Waals surface area contributed by atoms with Crippen molar-refractivity contribution in [1.29, 1.82) is 0 Å². The van der Waals surface area contributed by atoms with Crippen LogP contribution in [0.3, 0.4) is 0 Å². The fraction of sp³-hybridized carbons (Fsp3) is 0.682. The van der Waals surface area contributed by atoms with Crippen LogP contribution in [-0.2, 0) is 11.2 Å². The summed E-state index contributed by atoms with van der Waals surface area (Å²) in [7, 11) is 0. The maximum Gasteiger partial charge on any atom is 0.223 e. The van der Waals surface area contributed by atoms with Crippen molar-refractivity contribution in [2.75, 3.05) is 31.1 Å². The Hall–Kier alpha value is -1.35. The SMILES string of the molecule is CC(=O)N1CC2(CCN(CC3CCCCC3)CC2)Cc2ccccc21. The molecule has 4 rings (SSSR count). The molecular weight excluding hydrogens is 308 g/mol. The van der Waals surface area contributed by atoms with E-state index in [-0.39, 0.29) is 5.91 Å². The molecule has 1 saturated carbocycles. The number of amides is 1. The quantitative estimate of drug-likeness (QED) is 0.803. The molecule has 0 unspecified atom stereocenters. The van der Waals surface area contributed by atoms with Crippen molar-refractivity contribution in [1.82, 2.24) is 4.90 Å². The molecule has 1 aromatic rings. The molecule has 0 radical (unpaired) electrons. The fourth-order valence-corrected chi connectivity index (χ4v) is 5.36. The monoisotopic (exact) mass is 340 g/mol. The number of likely N-dealkylation sites (tertiary alicyclic amines) is 1. The van der Waals surface area contributed by atoms with E-state index in [0.29, 0.717) is 5.41 Å². The average Bonchev–Trinajstić information content (AvgIpc) is 2.64. The summed E-state index contributed by atoms with van der Waals surface area (Å²) in [6, 6.07) is 8.51. The average molecular weight is 341 g/mol. The highest BCUT2D eigenvalue weighted by Gasteiger charge is 2.41. The highest BCUT2D eigenvalue weighted by Crippen LogP contribution is 2.43. The van der Waals surface area contributed by atoms with Crippen LogP contribution in [0.4, 0.5) is 5.69 Å². The summed E-state index contributed by atoms with van der Waals surface area (Å²) >= 11 is 0. The molecule has 3 aliphatic rings. The standard InChI is InChI=1S/C22H32N2O/c1-18(25)24-17-22(15-20-9-5-6-10-21(20)24)11-13-23(14-12-22)16-19-7-3-2-4-8-19/h5-6,9-10,19H,2-4,7-8,11-17H2,1H3. The molecule has 25 heavy (non-hydrogen) atoms. The Balaban J connectivity index is 1.43. The van der Waals surface area contributed by atoms with Crippen molar-refractivity contribution in [2.45, 2.75) is 58.3 Å². The molecule has 1 aliphatic carbocycles. The highest BCUT2D eigenvalue weighted by molar-refractivity contribution is 5.93. The summed E-state index contributed by atoms with van der Waals surface area (Å²) in [6.45, 7) is 6.36. The second kappa shape index (κ2) is 7.11. The van der Waals surface area contributed by atoms with Gasteiger partial charge in [0.25, 0.3) is 0 Å². The van der Waals surface area contributed by atoms with Crippen LogP contribution in [0.2, 0.25) is 0 Å². The van der Waals surface area contributed by atoms with Gasteiger partial charge in [-0.05, 0) is 68.2 Å². The Morgan fingerprint density at radius 1 is 1.12 bits per heavy atom. The van der Waals surface area contributed by atoms with E-state index in [9.17, 15) is 4.79 Å². The molecule has 2 fully saturated rings. The molecule has 136 valence electrons. The molecule has 2 heterocycles. The number of carbonyl (C=O) groups is 1. The highest BCUT2D eigenvalue weighted by atomic mass is 16.2. The molecule has 0 atom stereocenters. The number of benzene rings is 1. The smallest absolute Gasteiger partial charge is 0.223 e. The van der Waals surface area contributed by atoms with Gasteiger partial charge in [0.2, 0.25) is 5.91 Å². The minimum Gasteiger partial charge on any atom is -0.312 e. The van der Waals surface area contributed by atoms with E-state index in [0.717, 1.165) is 24.6 Å². The van der Waals surface area contributed by atoms with Gasteiger partial charge in [-0.25, -0.2) is 0 Å². The lowest BCUT2D eigenvalue weighted by Gasteiger charge is -2.48. The number of carbonyl (C=O) groups excluding carboxylic acids is 1. The van der Waals surface area contributed by atoms with E-state index >= 15 is 0 Å². The first-order chi connectivity index (χ1) is 12.2. The number of hydrogen-bond donors (Lipinski definition) is 0. The lowest BCUT2D eigenvalue weighted by molar-refractivity contribution is -0.117. The molecule has 1 saturated heterocycles. The molecule has 3 nitrogen and oxygen atoms in total. The molecule has 1 aromatic carbocycles. The van der Waals surface area contributed by atoms with E-state index in [2.05, 4.69) is 29.2 Å². The molecule has 1 spiro atoms. The molecule has 0 aromatic heterocycles. The van der Waals surface area contributed by atoms with Gasteiger partial charge in [0.05, 0.1) is 0 Å². The first-order valence-corrected chi connectivity index (χ1v) is 10.2. The summed E-state index contributed by atoms with van der Waals surface area (Å²) in [4.78, 5) is 17.0. The number of hydrogen-bond acceptors (Lipinski definition) is 2. The Morgan fingerprint density at radius 3 is 2.56 bits per heavy atom. The first kappa shape index (κ1) is 17.1. The van der Waals surface area contributed by atoms with Crippen LogP contribution < -0.4 is 4.90 Å². The van der Waals surface area contributed by atoms with Gasteiger partial charge in [0.1, 0.15) is 0 Å². The third-order valence-corrected chi connectivity index (χ3v) is 6.88. The van der Waals surface area contributed by atoms with Crippen LogP contribution in [-0.4, -0.2) is 37.0 Å². The Morgan fingerprint density at radius 2 is 1.84 bits per heavy atom. The topological polar surface area (TPSA) is 23.6 Å². The molecule has 2 aliphatic heterocycles. The van der Waals surface area contributed by atoms with Crippen molar-refractivity contribution in [2.24, 2.45) is 11.3 Å². The van der Waals surface area contributed by atoms with Gasteiger partial charge < -0.3 is 9.80 Å². The van der Waals surface area contributed by atoms with Crippen LogP contribution in [0.15, 0.2) is 24.3 Å². The largest absolute Gasteiger partial charge is 0.312 e. The van der Waals surface area contributed by atoms with Gasteiger partial charge in [0, 0.05) is 25.7 Å². The van der Waals surface area contributed by atoms with Gasteiger partial charge in [-0.1, -0.05) is 37.5 Å². The second-order valence-electron chi connectivity index (χ2n) is 8.72. The van der Waals surface area contributed by atoms with E-state index < -0.39 is 0 Å². The normalized spacial score (nSPS) is 24.3. The number of piperidine rings is 1. The van der Waals surface area contributed by atoms with Crippen LogP contribution in [0.1, 0.15) is 57.4 Å². The van der Waals surface area contributed by atoms with Gasteiger partial charge in [0.15, 0.2) is 0 Å². The van der Waals surface area contributed by atoms with Gasteiger partial charge >= 0.3 is 0 Å². The third kappa shape index (κ3) is 3.62.